The zero-order valence-electron chi connectivity index (χ0n) is 22.8. The van der Waals surface area contributed by atoms with Gasteiger partial charge in [-0.2, -0.15) is 0 Å². The van der Waals surface area contributed by atoms with Crippen LogP contribution in [0.5, 0.6) is 5.75 Å². The number of carbonyl (C=O) groups excluding carboxylic acids is 1. The minimum Gasteiger partial charge on any atom is -0.504 e. The van der Waals surface area contributed by atoms with Gasteiger partial charge in [0, 0.05) is 29.0 Å². The number of nitrogens with one attached hydrogen (secondary N) is 1. The van der Waals surface area contributed by atoms with Gasteiger partial charge in [-0.1, -0.05) is 26.0 Å². The molecule has 1 aliphatic rings. The number of fused-ring (bicyclic) bond motifs is 1. The molecule has 1 aromatic heterocycles. The predicted molar refractivity (Wildman–Crippen MR) is 149 cm³/mol. The molecule has 10 heteroatoms. The van der Waals surface area contributed by atoms with E-state index in [-0.39, 0.29) is 23.6 Å². The molecule has 1 amide bonds. The van der Waals surface area contributed by atoms with Crippen molar-refractivity contribution >= 4 is 23.0 Å². The number of rotatable bonds is 7. The summed E-state index contributed by atoms with van der Waals surface area (Å²) in [6.07, 6.45) is 0.0629. The molecule has 214 valence electrons. The van der Waals surface area contributed by atoms with Gasteiger partial charge < -0.3 is 29.6 Å². The molecule has 1 aliphatic heterocycles. The van der Waals surface area contributed by atoms with Crippen molar-refractivity contribution in [1.29, 1.82) is 0 Å². The molecule has 5 rings (SSSR count). The number of hydrogen-bond donors (Lipinski definition) is 3. The summed E-state index contributed by atoms with van der Waals surface area (Å²) in [4.78, 5) is 24.2. The van der Waals surface area contributed by atoms with Crippen molar-refractivity contribution in [2.45, 2.75) is 38.6 Å². The van der Waals surface area contributed by atoms with Gasteiger partial charge >= 0.3 is 12.1 Å². The maximum atomic E-state index is 14.8. The number of alkyl carbamates (subject to hydrolysis) is 1. The summed E-state index contributed by atoms with van der Waals surface area (Å²) in [5, 5.41) is 23.4. The Morgan fingerprint density at radius 2 is 1.80 bits per heavy atom. The molecule has 0 saturated carbocycles. The molecule has 0 radical (unpaired) electrons. The highest BCUT2D eigenvalue weighted by Crippen LogP contribution is 2.47. The van der Waals surface area contributed by atoms with Crippen LogP contribution in [-0.4, -0.2) is 52.7 Å². The number of carboxylic acids is 1. The van der Waals surface area contributed by atoms with Gasteiger partial charge in [-0.25, -0.2) is 18.4 Å². The van der Waals surface area contributed by atoms with Crippen molar-refractivity contribution in [2.24, 2.45) is 0 Å². The lowest BCUT2D eigenvalue weighted by Gasteiger charge is -2.29. The van der Waals surface area contributed by atoms with E-state index in [2.05, 4.69) is 5.32 Å². The number of phenols is 1. The van der Waals surface area contributed by atoms with E-state index in [0.29, 0.717) is 53.2 Å². The third-order valence-electron chi connectivity index (χ3n) is 7.34. The summed E-state index contributed by atoms with van der Waals surface area (Å²) in [5.74, 6) is -2.94. The van der Waals surface area contributed by atoms with Crippen LogP contribution in [0.4, 0.5) is 13.6 Å². The van der Waals surface area contributed by atoms with Crippen LogP contribution in [0.2, 0.25) is 0 Å². The standard InChI is InChI=1S/C31H30F2N2O6/c1-17-14-21(8-9-22(17)32)35-24-11-10-23(33)27(36)26(24)25(18-4-6-19(7-5-18)29(37)38)28(35)31(2,3)16-41-30(39)34-20-12-13-40-15-20/h4-11,14,20,36H,12-13,15-16H2,1-3H3,(H,34,39)(H,37,38). The molecular formula is C31H30F2N2O6. The van der Waals surface area contributed by atoms with Crippen molar-refractivity contribution in [3.63, 3.8) is 0 Å². The molecule has 4 aromatic rings. The summed E-state index contributed by atoms with van der Waals surface area (Å²) in [5.41, 5.74) is 1.93. The second-order valence-electron chi connectivity index (χ2n) is 10.8. The van der Waals surface area contributed by atoms with Crippen molar-refractivity contribution in [3.05, 3.63) is 83.1 Å². The maximum Gasteiger partial charge on any atom is 0.407 e. The van der Waals surface area contributed by atoms with Crippen molar-refractivity contribution in [3.8, 4) is 22.6 Å². The molecule has 0 bridgehead atoms. The van der Waals surface area contributed by atoms with Gasteiger partial charge in [0.1, 0.15) is 12.4 Å². The molecule has 1 unspecified atom stereocenters. The van der Waals surface area contributed by atoms with Gasteiger partial charge in [-0.05, 0) is 66.9 Å². The number of phenolic OH excluding ortho intramolecular Hbond substituents is 1. The number of carbonyl (C=O) groups is 2. The fourth-order valence-electron chi connectivity index (χ4n) is 5.25. The highest BCUT2D eigenvalue weighted by Gasteiger charge is 2.35. The van der Waals surface area contributed by atoms with Gasteiger partial charge in [0.2, 0.25) is 0 Å². The fourth-order valence-corrected chi connectivity index (χ4v) is 5.25. The van der Waals surface area contributed by atoms with Gasteiger partial charge in [0.05, 0.1) is 29.1 Å². The van der Waals surface area contributed by atoms with Crippen molar-refractivity contribution in [2.75, 3.05) is 19.8 Å². The van der Waals surface area contributed by atoms with Crippen LogP contribution in [0, 0.1) is 18.6 Å². The molecule has 3 N–H and O–H groups in total. The summed E-state index contributed by atoms with van der Waals surface area (Å²) in [7, 11) is 0. The highest BCUT2D eigenvalue weighted by atomic mass is 19.1. The van der Waals surface area contributed by atoms with E-state index < -0.39 is 34.9 Å². The third-order valence-corrected chi connectivity index (χ3v) is 7.34. The minimum atomic E-state index is -1.11. The van der Waals surface area contributed by atoms with Gasteiger partial charge in [-0.15, -0.1) is 0 Å². The Balaban J connectivity index is 1.73. The number of nitrogens with zero attached hydrogens (tertiary/aromatic N) is 1. The quantitative estimate of drug-likeness (QED) is 0.251. The lowest BCUT2D eigenvalue weighted by molar-refractivity contribution is 0.0696. The van der Waals surface area contributed by atoms with E-state index in [9.17, 15) is 28.6 Å². The van der Waals surface area contributed by atoms with Crippen LogP contribution in [-0.2, 0) is 14.9 Å². The van der Waals surface area contributed by atoms with Crippen LogP contribution in [0.25, 0.3) is 27.7 Å². The lowest BCUT2D eigenvalue weighted by Crippen LogP contribution is -2.38. The first kappa shape index (κ1) is 28.1. The van der Waals surface area contributed by atoms with Gasteiger partial charge in [0.25, 0.3) is 0 Å². The van der Waals surface area contributed by atoms with E-state index in [0.717, 1.165) is 6.07 Å². The molecule has 8 nitrogen and oxygen atoms in total. The topological polar surface area (TPSA) is 110 Å². The summed E-state index contributed by atoms with van der Waals surface area (Å²) in [6, 6.07) is 13.1. The number of benzene rings is 3. The summed E-state index contributed by atoms with van der Waals surface area (Å²) < 4.78 is 41.9. The molecule has 3 aromatic carbocycles. The third kappa shape index (κ3) is 5.35. The normalized spacial score (nSPS) is 15.3. The number of ether oxygens (including phenoxy) is 2. The molecule has 1 atom stereocenters. The van der Waals surface area contributed by atoms with Crippen LogP contribution in [0.1, 0.15) is 41.9 Å². The second kappa shape index (κ2) is 10.9. The first-order valence-corrected chi connectivity index (χ1v) is 13.2. The Bertz CT molecular complexity index is 1640. The number of aromatic carboxylic acids is 1. The van der Waals surface area contributed by atoms with Crippen LogP contribution < -0.4 is 5.32 Å². The van der Waals surface area contributed by atoms with E-state index in [1.165, 1.54) is 24.3 Å². The van der Waals surface area contributed by atoms with E-state index in [1.807, 2.05) is 13.8 Å². The largest absolute Gasteiger partial charge is 0.504 e. The number of aromatic nitrogens is 1. The molecule has 2 heterocycles. The van der Waals surface area contributed by atoms with E-state index in [4.69, 9.17) is 9.47 Å². The van der Waals surface area contributed by atoms with Crippen LogP contribution >= 0.6 is 0 Å². The minimum absolute atomic E-state index is 0.0544. The number of halogens is 2. The van der Waals surface area contributed by atoms with Crippen molar-refractivity contribution in [1.82, 2.24) is 9.88 Å². The maximum absolute atomic E-state index is 14.8. The molecule has 0 aliphatic carbocycles. The average Bonchev–Trinajstić information content (AvgIpc) is 3.58. The summed E-state index contributed by atoms with van der Waals surface area (Å²) in [6.45, 7) is 6.14. The Morgan fingerprint density at radius 1 is 1.10 bits per heavy atom. The molecular weight excluding hydrogens is 534 g/mol. The second-order valence-corrected chi connectivity index (χ2v) is 10.8. The molecule has 0 spiro atoms. The Hall–Kier alpha value is -4.44. The fraction of sp³-hybridized carbons (Fsp3) is 0.290. The molecule has 1 saturated heterocycles. The first-order chi connectivity index (χ1) is 19.5. The highest BCUT2D eigenvalue weighted by molar-refractivity contribution is 6.04. The van der Waals surface area contributed by atoms with Gasteiger partial charge in [0.15, 0.2) is 11.6 Å². The Labute approximate surface area is 235 Å². The van der Waals surface area contributed by atoms with E-state index in [1.54, 1.807) is 35.8 Å². The average molecular weight is 565 g/mol. The Morgan fingerprint density at radius 3 is 2.44 bits per heavy atom. The summed E-state index contributed by atoms with van der Waals surface area (Å²) >= 11 is 0. The zero-order chi connectivity index (χ0) is 29.5. The monoisotopic (exact) mass is 564 g/mol. The number of aromatic hydroxyl groups is 1. The lowest BCUT2D eigenvalue weighted by atomic mass is 9.84. The smallest absolute Gasteiger partial charge is 0.407 e. The Kier molecular flexibility index (Phi) is 7.44. The first-order valence-electron chi connectivity index (χ1n) is 13.2. The number of hydrogen-bond acceptors (Lipinski definition) is 5. The molecule has 41 heavy (non-hydrogen) atoms. The van der Waals surface area contributed by atoms with Crippen molar-refractivity contribution < 1.29 is 38.1 Å². The molecule has 1 fully saturated rings. The zero-order valence-corrected chi connectivity index (χ0v) is 22.8. The predicted octanol–water partition coefficient (Wildman–Crippen LogP) is 6.08. The van der Waals surface area contributed by atoms with E-state index >= 15 is 0 Å². The van der Waals surface area contributed by atoms with Crippen LogP contribution in [0.3, 0.4) is 0 Å². The number of carboxylic acid groups (broad SMARTS) is 1. The van der Waals surface area contributed by atoms with Gasteiger partial charge in [-0.3, -0.25) is 0 Å². The SMILES string of the molecule is Cc1cc(-n2c(C(C)(C)COC(=O)NC3CCOC3)c(-c3ccc(C(=O)O)cc3)c3c(O)c(F)ccc32)ccc1F. The number of aryl methyl sites for hydroxylation is 1. The number of amides is 1. The van der Waals surface area contributed by atoms with Crippen LogP contribution in [0.15, 0.2) is 54.6 Å².